The van der Waals surface area contributed by atoms with Gasteiger partial charge in [0.2, 0.25) is 6.41 Å². The first-order valence-corrected chi connectivity index (χ1v) is 9.48. The molecule has 1 unspecified atom stereocenters. The van der Waals surface area contributed by atoms with Crippen molar-refractivity contribution >= 4 is 6.41 Å². The Bertz CT molecular complexity index is 532. The third-order valence-corrected chi connectivity index (χ3v) is 7.29. The minimum absolute atomic E-state index is 0.248. The lowest BCUT2D eigenvalue weighted by molar-refractivity contribution is -0.111. The van der Waals surface area contributed by atoms with Crippen molar-refractivity contribution in [3.8, 4) is 0 Å². The van der Waals surface area contributed by atoms with E-state index in [1.165, 1.54) is 38.5 Å². The summed E-state index contributed by atoms with van der Waals surface area (Å²) in [7, 11) is 0. The molecule has 3 aliphatic rings. The summed E-state index contributed by atoms with van der Waals surface area (Å²) in [5.74, 6) is 2.09. The average Bonchev–Trinajstić information content (AvgIpc) is 2.52. The Hall–Kier alpha value is -1.05. The van der Waals surface area contributed by atoms with Gasteiger partial charge in [-0.05, 0) is 66.3 Å². The number of allylic oxidation sites excluding steroid dienone is 4. The summed E-state index contributed by atoms with van der Waals surface area (Å²) in [6, 6.07) is 0. The van der Waals surface area contributed by atoms with Crippen molar-refractivity contribution in [2.24, 2.45) is 28.6 Å². The van der Waals surface area contributed by atoms with Crippen molar-refractivity contribution < 1.29 is 4.79 Å². The molecule has 3 aliphatic carbocycles. The number of hydrogen-bond donors (Lipinski definition) is 1. The number of nitrogens with one attached hydrogen (secondary N) is 1. The van der Waals surface area contributed by atoms with Crippen LogP contribution in [-0.4, -0.2) is 13.0 Å². The molecule has 2 heteroatoms. The van der Waals surface area contributed by atoms with Crippen LogP contribution in [0.2, 0.25) is 0 Å². The monoisotopic (exact) mass is 315 g/mol. The highest BCUT2D eigenvalue weighted by molar-refractivity contribution is 5.46. The molecule has 1 fully saturated rings. The fourth-order valence-electron chi connectivity index (χ4n) is 5.96. The quantitative estimate of drug-likeness (QED) is 0.737. The molecule has 2 nitrogen and oxygen atoms in total. The second kappa shape index (κ2) is 6.11. The minimum Gasteiger partial charge on any atom is -0.358 e. The summed E-state index contributed by atoms with van der Waals surface area (Å²) >= 11 is 0. The number of fused-ring (bicyclic) bond motifs is 3. The maximum atomic E-state index is 10.8. The van der Waals surface area contributed by atoms with Gasteiger partial charge >= 0.3 is 0 Å². The molecule has 128 valence electrons. The smallest absolute Gasteiger partial charge is 0.207 e. The molecule has 3 rings (SSSR count). The summed E-state index contributed by atoms with van der Waals surface area (Å²) in [5, 5.41) is 2.99. The zero-order chi connectivity index (χ0) is 16.7. The van der Waals surface area contributed by atoms with Crippen molar-refractivity contribution in [1.82, 2.24) is 5.32 Å². The van der Waals surface area contributed by atoms with Crippen LogP contribution in [0.15, 0.2) is 23.3 Å². The number of rotatable bonds is 4. The van der Waals surface area contributed by atoms with Gasteiger partial charge in [0.15, 0.2) is 0 Å². The van der Waals surface area contributed by atoms with Gasteiger partial charge in [0.05, 0.1) is 0 Å². The SMILES string of the molecule is CC(C)C1=CC2=CCC3[C@](C)(CNC=O)CCC[C@]3(C)[C@H]2CC1. The van der Waals surface area contributed by atoms with Crippen molar-refractivity contribution in [2.75, 3.05) is 6.54 Å². The standard InChI is InChI=1S/C21H33NO/c1-15(2)16-6-8-18-17(12-16)7-9-19-20(3,13-22-14-23)10-5-11-21(18,19)4/h7,12,14-15,18-19H,5-6,8-11,13H2,1-4H3,(H,22,23)/t18-,19?,20-,21+/m0/s1. The van der Waals surface area contributed by atoms with Gasteiger partial charge in [-0.2, -0.15) is 0 Å². The zero-order valence-electron chi connectivity index (χ0n) is 15.3. The Morgan fingerprint density at radius 3 is 2.83 bits per heavy atom. The minimum atomic E-state index is 0.248. The largest absolute Gasteiger partial charge is 0.358 e. The third kappa shape index (κ3) is 2.79. The Balaban J connectivity index is 1.92. The predicted molar refractivity (Wildman–Crippen MR) is 96.0 cm³/mol. The van der Waals surface area contributed by atoms with Gasteiger partial charge in [-0.15, -0.1) is 0 Å². The summed E-state index contributed by atoms with van der Waals surface area (Å²) < 4.78 is 0. The summed E-state index contributed by atoms with van der Waals surface area (Å²) in [6.45, 7) is 10.4. The van der Waals surface area contributed by atoms with Gasteiger partial charge < -0.3 is 5.32 Å². The molecule has 0 heterocycles. The molecular formula is C21H33NO. The number of amides is 1. The molecule has 0 aromatic carbocycles. The van der Waals surface area contributed by atoms with Gasteiger partial charge in [0.25, 0.3) is 0 Å². The van der Waals surface area contributed by atoms with Crippen LogP contribution in [0.4, 0.5) is 0 Å². The van der Waals surface area contributed by atoms with Crippen LogP contribution in [0, 0.1) is 28.6 Å². The van der Waals surface area contributed by atoms with E-state index in [0.717, 1.165) is 18.9 Å². The molecular weight excluding hydrogens is 282 g/mol. The highest BCUT2D eigenvalue weighted by Gasteiger charge is 2.53. The second-order valence-corrected chi connectivity index (χ2v) is 8.97. The van der Waals surface area contributed by atoms with Gasteiger partial charge in [-0.3, -0.25) is 4.79 Å². The number of carbonyl (C=O) groups excluding carboxylic acids is 1. The van der Waals surface area contributed by atoms with E-state index >= 15 is 0 Å². The Labute approximate surface area is 141 Å². The van der Waals surface area contributed by atoms with E-state index in [1.54, 1.807) is 11.1 Å². The van der Waals surface area contributed by atoms with Crippen molar-refractivity contribution in [3.63, 3.8) is 0 Å². The van der Waals surface area contributed by atoms with Crippen LogP contribution in [0.5, 0.6) is 0 Å². The molecule has 0 aromatic heterocycles. The van der Waals surface area contributed by atoms with Crippen LogP contribution >= 0.6 is 0 Å². The lowest BCUT2D eigenvalue weighted by Gasteiger charge is -2.58. The van der Waals surface area contributed by atoms with Gasteiger partial charge in [0, 0.05) is 6.54 Å². The molecule has 0 aromatic rings. The lowest BCUT2D eigenvalue weighted by atomic mass is 9.47. The van der Waals surface area contributed by atoms with Crippen molar-refractivity contribution in [3.05, 3.63) is 23.3 Å². The van der Waals surface area contributed by atoms with E-state index < -0.39 is 0 Å². The third-order valence-electron chi connectivity index (χ3n) is 7.29. The predicted octanol–water partition coefficient (Wildman–Crippen LogP) is 4.87. The lowest BCUT2D eigenvalue weighted by Crippen LogP contribution is -2.53. The second-order valence-electron chi connectivity index (χ2n) is 8.97. The first-order chi connectivity index (χ1) is 10.9. The fourth-order valence-corrected chi connectivity index (χ4v) is 5.96. The van der Waals surface area contributed by atoms with Crippen LogP contribution < -0.4 is 5.32 Å². The van der Waals surface area contributed by atoms with Gasteiger partial charge in [-0.1, -0.05) is 51.8 Å². The van der Waals surface area contributed by atoms with Gasteiger partial charge in [0.1, 0.15) is 0 Å². The average molecular weight is 316 g/mol. The number of carbonyl (C=O) groups is 1. The van der Waals surface area contributed by atoms with Crippen LogP contribution in [0.25, 0.3) is 0 Å². The molecule has 4 atom stereocenters. The first-order valence-electron chi connectivity index (χ1n) is 9.48. The van der Waals surface area contributed by atoms with E-state index in [-0.39, 0.29) is 5.41 Å². The Morgan fingerprint density at radius 1 is 1.35 bits per heavy atom. The van der Waals surface area contributed by atoms with Crippen molar-refractivity contribution in [2.45, 2.75) is 66.2 Å². The van der Waals surface area contributed by atoms with Crippen LogP contribution in [0.3, 0.4) is 0 Å². The fraction of sp³-hybridized carbons (Fsp3) is 0.762. The topological polar surface area (TPSA) is 29.1 Å². The molecule has 23 heavy (non-hydrogen) atoms. The molecule has 0 saturated heterocycles. The molecule has 1 amide bonds. The van der Waals surface area contributed by atoms with E-state index in [4.69, 9.17) is 0 Å². The molecule has 1 saturated carbocycles. The van der Waals surface area contributed by atoms with Gasteiger partial charge in [-0.25, -0.2) is 0 Å². The van der Waals surface area contributed by atoms with Crippen molar-refractivity contribution in [1.29, 1.82) is 0 Å². The highest BCUT2D eigenvalue weighted by Crippen LogP contribution is 2.61. The first kappa shape index (κ1) is 16.8. The van der Waals surface area contributed by atoms with Crippen LogP contribution in [0.1, 0.15) is 66.2 Å². The Morgan fingerprint density at radius 2 is 2.13 bits per heavy atom. The summed E-state index contributed by atoms with van der Waals surface area (Å²) in [4.78, 5) is 10.8. The Kier molecular flexibility index (Phi) is 4.46. The van der Waals surface area contributed by atoms with E-state index in [2.05, 4.69) is 45.2 Å². The van der Waals surface area contributed by atoms with Crippen LogP contribution in [-0.2, 0) is 4.79 Å². The van der Waals surface area contributed by atoms with E-state index in [1.807, 2.05) is 0 Å². The van der Waals surface area contributed by atoms with E-state index in [9.17, 15) is 4.79 Å². The number of hydrogen-bond acceptors (Lipinski definition) is 1. The molecule has 0 bridgehead atoms. The summed E-state index contributed by atoms with van der Waals surface area (Å²) in [6.07, 6.45) is 13.6. The molecule has 0 spiro atoms. The maximum Gasteiger partial charge on any atom is 0.207 e. The normalized spacial score (nSPS) is 39.9. The zero-order valence-corrected chi connectivity index (χ0v) is 15.3. The highest BCUT2D eigenvalue weighted by atomic mass is 16.1. The molecule has 0 radical (unpaired) electrons. The summed E-state index contributed by atoms with van der Waals surface area (Å²) in [5.41, 5.74) is 3.90. The van der Waals surface area contributed by atoms with E-state index in [0.29, 0.717) is 17.3 Å². The molecule has 0 aliphatic heterocycles. The molecule has 1 N–H and O–H groups in total. The maximum absolute atomic E-state index is 10.8.